The van der Waals surface area contributed by atoms with E-state index in [4.69, 9.17) is 35.1 Å². The van der Waals surface area contributed by atoms with Crippen molar-refractivity contribution in [2.45, 2.75) is 94.9 Å². The predicted molar refractivity (Wildman–Crippen MR) is 556 cm³/mol. The van der Waals surface area contributed by atoms with Crippen LogP contribution in [0, 0.1) is 18.6 Å². The van der Waals surface area contributed by atoms with Gasteiger partial charge in [0.1, 0.15) is 11.6 Å². The van der Waals surface area contributed by atoms with Gasteiger partial charge in [0.25, 0.3) is 0 Å². The highest BCUT2D eigenvalue weighted by Crippen LogP contribution is 2.48. The molecule has 22 heteroatoms. The van der Waals surface area contributed by atoms with E-state index in [1.807, 2.05) is 79.3 Å². The minimum absolute atomic E-state index is 0.0304. The molecule has 0 radical (unpaired) electrons. The maximum atomic E-state index is 14.7. The lowest BCUT2D eigenvalue weighted by molar-refractivity contribution is 0.0975. The molecule has 20 nitrogen and oxygen atoms in total. The van der Waals surface area contributed by atoms with Gasteiger partial charge in [-0.2, -0.15) is 0 Å². The lowest BCUT2D eigenvalue weighted by atomic mass is 9.78. The smallest absolute Gasteiger partial charge is 0.227 e. The van der Waals surface area contributed by atoms with Crippen molar-refractivity contribution >= 4 is 40.9 Å². The zero-order chi connectivity index (χ0) is 94.6. The van der Waals surface area contributed by atoms with Crippen LogP contribution in [0.25, 0.3) is 45.0 Å². The summed E-state index contributed by atoms with van der Waals surface area (Å²) in [6.07, 6.45) is 16.7. The van der Waals surface area contributed by atoms with Gasteiger partial charge in [-0.25, -0.2) is 48.7 Å². The second kappa shape index (κ2) is 45.7. The molecule has 4 aromatic heterocycles. The third-order valence-corrected chi connectivity index (χ3v) is 28.4. The largest absolute Gasteiger partial charge is 0.383 e. The number of piperazine rings is 2. The minimum atomic E-state index is -0.179. The number of methoxy groups -OCH3 is 2. The Morgan fingerprint density at radius 1 is 0.331 bits per heavy atom. The van der Waals surface area contributed by atoms with Gasteiger partial charge in [0.05, 0.1) is 36.0 Å². The molecule has 4 aliphatic carbocycles. The molecule has 3 saturated heterocycles. The van der Waals surface area contributed by atoms with Gasteiger partial charge in [0.2, 0.25) is 23.8 Å². The van der Waals surface area contributed by atoms with Crippen molar-refractivity contribution in [2.24, 2.45) is 0 Å². The molecule has 22 rings (SSSR count). The van der Waals surface area contributed by atoms with Crippen molar-refractivity contribution in [1.82, 2.24) is 64.4 Å². The average Bonchev–Trinajstić information content (AvgIpc) is 1.17. The van der Waals surface area contributed by atoms with Crippen LogP contribution < -0.4 is 27.0 Å². The van der Waals surface area contributed by atoms with E-state index in [-0.39, 0.29) is 29.4 Å². The molecule has 3 fully saturated rings. The van der Waals surface area contributed by atoms with E-state index in [1.54, 1.807) is 32.5 Å². The van der Waals surface area contributed by atoms with Crippen LogP contribution in [-0.2, 0) is 54.5 Å². The normalized spacial score (nSPS) is 16.9. The van der Waals surface area contributed by atoms with Crippen LogP contribution in [0.15, 0.2) is 298 Å². The molecule has 15 aromatic rings. The Bertz CT molecular complexity index is 6590. The van der Waals surface area contributed by atoms with Crippen LogP contribution in [0.2, 0.25) is 0 Å². The quantitative estimate of drug-likeness (QED) is 0.0289. The highest BCUT2D eigenvalue weighted by Gasteiger charge is 2.34. The summed E-state index contributed by atoms with van der Waals surface area (Å²) in [4.78, 5) is 50.0. The van der Waals surface area contributed by atoms with Crippen molar-refractivity contribution in [3.8, 4) is 45.0 Å². The van der Waals surface area contributed by atoms with E-state index in [2.05, 4.69) is 261 Å². The van der Waals surface area contributed by atoms with E-state index in [0.29, 0.717) is 47.7 Å². The summed E-state index contributed by atoms with van der Waals surface area (Å²) in [5.74, 6) is 2.39. The molecule has 0 bridgehead atoms. The number of nitrogens with two attached hydrogens (primary N) is 1. The molecule has 6 N–H and O–H groups in total. The average molecular weight is 1850 g/mol. The highest BCUT2D eigenvalue weighted by molar-refractivity contribution is 5.77. The maximum Gasteiger partial charge on any atom is 0.227 e. The number of fused-ring (bicyclic) bond motifs is 12. The number of ether oxygens (including phenoxy) is 2. The van der Waals surface area contributed by atoms with E-state index in [9.17, 15) is 8.78 Å². The summed E-state index contributed by atoms with van der Waals surface area (Å²) in [7, 11) is 3.54. The minimum Gasteiger partial charge on any atom is -0.383 e. The first kappa shape index (κ1) is 94.3. The van der Waals surface area contributed by atoms with Crippen LogP contribution >= 0.6 is 0 Å². The fraction of sp³-hybridized carbons (Fsp3) is 0.299. The molecule has 7 heterocycles. The molecule has 708 valence electrons. The Hall–Kier alpha value is -13.7. The summed E-state index contributed by atoms with van der Waals surface area (Å²) in [5.41, 5.74) is 35.9. The van der Waals surface area contributed by atoms with Crippen LogP contribution in [0.5, 0.6) is 0 Å². The number of hydrogen-bond acceptors (Lipinski definition) is 20. The number of nitrogens with one attached hydrogen (secondary N) is 4. The second-order valence-corrected chi connectivity index (χ2v) is 37.4. The van der Waals surface area contributed by atoms with E-state index >= 15 is 0 Å². The lowest BCUT2D eigenvalue weighted by Gasteiger charge is -2.34. The van der Waals surface area contributed by atoms with Gasteiger partial charge in [-0.05, 0) is 216 Å². The molecular weight excluding hydrogens is 1730 g/mol. The zero-order valence-electron chi connectivity index (χ0n) is 79.9. The topological polar surface area (TPSA) is 212 Å². The fourth-order valence-corrected chi connectivity index (χ4v) is 20.6. The van der Waals surface area contributed by atoms with E-state index in [0.717, 1.165) is 223 Å². The van der Waals surface area contributed by atoms with Crippen molar-refractivity contribution in [2.75, 3.05) is 159 Å². The number of anilines is 7. The molecule has 139 heavy (non-hydrogen) atoms. The first-order chi connectivity index (χ1) is 68.4. The maximum absolute atomic E-state index is 14.7. The van der Waals surface area contributed by atoms with Crippen molar-refractivity contribution in [1.29, 1.82) is 0 Å². The molecular formula is C117H124F2N18O2. The molecule has 3 aliphatic heterocycles. The predicted octanol–water partition coefficient (Wildman–Crippen LogP) is 21.1. The summed E-state index contributed by atoms with van der Waals surface area (Å²) in [6.45, 7) is 22.3. The third-order valence-electron chi connectivity index (χ3n) is 28.4. The summed E-state index contributed by atoms with van der Waals surface area (Å²) < 4.78 is 39.4. The number of aromatic nitrogens is 8. The summed E-state index contributed by atoms with van der Waals surface area (Å²) in [6, 6.07) is 93.2. The van der Waals surface area contributed by atoms with Gasteiger partial charge in [0, 0.05) is 194 Å². The summed E-state index contributed by atoms with van der Waals surface area (Å²) >= 11 is 0. The first-order valence-corrected chi connectivity index (χ1v) is 49.5. The molecule has 0 spiro atoms. The Morgan fingerprint density at radius 3 is 1.13 bits per heavy atom. The van der Waals surface area contributed by atoms with Crippen molar-refractivity contribution in [3.05, 3.63) is 398 Å². The number of halogens is 2. The number of rotatable bonds is 28. The van der Waals surface area contributed by atoms with Crippen LogP contribution in [0.4, 0.5) is 49.6 Å². The van der Waals surface area contributed by atoms with Crippen LogP contribution in [0.1, 0.15) is 132 Å². The van der Waals surface area contributed by atoms with Crippen molar-refractivity contribution < 1.29 is 18.3 Å². The Morgan fingerprint density at radius 2 is 0.683 bits per heavy atom. The monoisotopic (exact) mass is 1850 g/mol. The number of nitrogen functional groups attached to an aromatic ring is 1. The highest BCUT2D eigenvalue weighted by atomic mass is 19.1. The Kier molecular flexibility index (Phi) is 31.0. The number of nitrogens with zero attached hydrogens (tertiary/aromatic N) is 13. The summed E-state index contributed by atoms with van der Waals surface area (Å²) in [5, 5.41) is 13.8. The molecule has 2 unspecified atom stereocenters. The standard InChI is InChI=1S/C33H36FN5O.C33H37N5O.C33H37N5.C18H14FN3/c1-40-21-20-39-18-16-38(17-19-39)15-14-24-10-12-26(13-11-24)36-33-35-23-25-22-30(28-7-4-5-9-31(28)34)27-6-2-3-8-29(27)32(25)37-33;1-39-22-21-38-19-17-37(18-20-38)16-15-25-11-13-28(14-12-25)35-33-34-24-27-23-31(26-7-3-2-4-8-26)29-9-5-6-10-30(29)32(27)36-33;1-24-9-11-25(12-10-24)22-35-28-15-13-26(14-16-28)31-21-27-23-36-33(34-17-6-20-38-18-4-5-19-38)37-32(27)30-8-3-2-7-29(30)31;19-16-8-4-3-6-13(16)15-9-11-10-21-18(20)22-17(11)14-7-2-1-5-12(14)15/h2-13,23,30H,14-22H2,1H3,(H,35,36,37);2-14,24,31H,15-23H2,1H3,(H,34,35,36);2-3,7-16,23,31,35H,4-6,17-22H2,1H3,(H,34,36,37);1-8,10,15H,9H2,(H2,20,21,22)/t30-;;;15-/m1..1/s1. The van der Waals surface area contributed by atoms with Gasteiger partial charge >= 0.3 is 0 Å². The van der Waals surface area contributed by atoms with Gasteiger partial charge in [0.15, 0.2) is 0 Å². The molecule has 0 saturated carbocycles. The number of aryl methyl sites for hydroxylation is 1. The van der Waals surface area contributed by atoms with Crippen LogP contribution in [-0.4, -0.2) is 197 Å². The van der Waals surface area contributed by atoms with Gasteiger partial charge in [-0.15, -0.1) is 0 Å². The fourth-order valence-electron chi connectivity index (χ4n) is 20.6. The van der Waals surface area contributed by atoms with E-state index < -0.39 is 0 Å². The van der Waals surface area contributed by atoms with Gasteiger partial charge in [-0.3, -0.25) is 9.80 Å². The van der Waals surface area contributed by atoms with Crippen LogP contribution in [0.3, 0.4) is 0 Å². The lowest BCUT2D eigenvalue weighted by Crippen LogP contribution is -2.47. The Balaban J connectivity index is 0.000000120. The third kappa shape index (κ3) is 23.5. The van der Waals surface area contributed by atoms with Crippen molar-refractivity contribution in [3.63, 3.8) is 0 Å². The second-order valence-electron chi connectivity index (χ2n) is 37.4. The molecule has 0 amide bonds. The Labute approximate surface area is 816 Å². The number of likely N-dealkylation sites (tertiary alicyclic amines) is 1. The number of benzene rings is 11. The first-order valence-electron chi connectivity index (χ1n) is 49.5. The zero-order valence-corrected chi connectivity index (χ0v) is 79.9. The van der Waals surface area contributed by atoms with E-state index in [1.165, 1.54) is 105 Å². The van der Waals surface area contributed by atoms with Gasteiger partial charge < -0.3 is 51.2 Å². The molecule has 4 atom stereocenters. The SMILES string of the molecule is COCCN1CCN(CCc2ccc(Nc3ncc4c(n3)-c3ccccc3C(c3ccccc3)C4)cc2)CC1.COCCN1CCN(CCc2ccc(Nc3ncc4c(n3)-c3ccccc3[C@H](c3ccccc3F)C4)cc2)CC1.Cc1ccc(CNc2ccc(C3Cc4cnc(NCCCN5CCCC5)nc4-c4ccccc43)cc2)cc1.Nc1ncc2c(n1)-c1ccccc1[C@H](c1ccccc1F)C2. The molecule has 7 aliphatic rings. The number of hydrogen-bond donors (Lipinski definition) is 5. The van der Waals surface area contributed by atoms with Gasteiger partial charge in [-0.1, -0.05) is 230 Å². The molecule has 11 aromatic carbocycles.